The quantitative estimate of drug-likeness (QED) is 0.561. The third-order valence-electron chi connectivity index (χ3n) is 4.52. The first-order valence-electron chi connectivity index (χ1n) is 9.08. The van der Waals surface area contributed by atoms with Crippen molar-refractivity contribution < 1.29 is 9.18 Å². The van der Waals surface area contributed by atoms with E-state index in [1.807, 2.05) is 42.5 Å². The molecular formula is C22H19FN4O. The number of para-hydroxylation sites is 1. The fourth-order valence-corrected chi connectivity index (χ4v) is 3.17. The molecule has 2 aromatic carbocycles. The molecule has 0 unspecified atom stereocenters. The number of amides is 1. The molecule has 0 aliphatic heterocycles. The summed E-state index contributed by atoms with van der Waals surface area (Å²) in [7, 11) is 0. The molecule has 2 heterocycles. The van der Waals surface area contributed by atoms with Gasteiger partial charge in [0.2, 0.25) is 0 Å². The van der Waals surface area contributed by atoms with Crippen molar-refractivity contribution in [1.29, 1.82) is 0 Å². The molecule has 0 radical (unpaired) electrons. The van der Waals surface area contributed by atoms with Crippen molar-refractivity contribution in [3.8, 4) is 0 Å². The van der Waals surface area contributed by atoms with Crippen LogP contribution in [0, 0.1) is 5.82 Å². The van der Waals surface area contributed by atoms with Crippen LogP contribution in [0.25, 0.3) is 10.9 Å². The molecule has 0 saturated carbocycles. The Bertz CT molecular complexity index is 1110. The largest absolute Gasteiger partial charge is 0.350 e. The number of halogens is 1. The lowest BCUT2D eigenvalue weighted by molar-refractivity contribution is 0.0950. The summed E-state index contributed by atoms with van der Waals surface area (Å²) in [5.74, 6) is -0.514. The lowest BCUT2D eigenvalue weighted by Crippen LogP contribution is -2.26. The first kappa shape index (κ1) is 17.9. The van der Waals surface area contributed by atoms with E-state index in [1.54, 1.807) is 23.1 Å². The van der Waals surface area contributed by atoms with Gasteiger partial charge in [-0.1, -0.05) is 36.4 Å². The van der Waals surface area contributed by atoms with Gasteiger partial charge in [-0.25, -0.2) is 4.39 Å². The summed E-state index contributed by atoms with van der Waals surface area (Å²) in [6.07, 6.45) is 4.20. The second kappa shape index (κ2) is 8.00. The maximum Gasteiger partial charge on any atom is 0.272 e. The van der Waals surface area contributed by atoms with Crippen LogP contribution in [0.4, 0.5) is 4.39 Å². The number of carbonyl (C=O) groups is 1. The molecule has 0 spiro atoms. The molecule has 5 nitrogen and oxygen atoms in total. The molecule has 4 rings (SSSR count). The highest BCUT2D eigenvalue weighted by Gasteiger charge is 2.17. The normalized spacial score (nSPS) is 10.9. The van der Waals surface area contributed by atoms with Crippen molar-refractivity contribution in [2.75, 3.05) is 6.54 Å². The minimum absolute atomic E-state index is 0.224. The van der Waals surface area contributed by atoms with E-state index >= 15 is 0 Å². The number of nitrogens with one attached hydrogen (secondary N) is 1. The van der Waals surface area contributed by atoms with Crippen LogP contribution in [-0.2, 0) is 13.0 Å². The summed E-state index contributed by atoms with van der Waals surface area (Å²) in [4.78, 5) is 16.8. The van der Waals surface area contributed by atoms with Gasteiger partial charge in [0, 0.05) is 24.3 Å². The minimum atomic E-state index is -0.290. The Balaban J connectivity index is 1.54. The van der Waals surface area contributed by atoms with Crippen LogP contribution in [0.2, 0.25) is 0 Å². The number of fused-ring (bicyclic) bond motifs is 1. The lowest BCUT2D eigenvalue weighted by atomic mass is 10.2. The SMILES string of the molecule is O=C(NCCc1cccnc1)c1nn(Cc2cccc(F)c2)c2ccccc12. The Morgan fingerprint density at radius 1 is 1.04 bits per heavy atom. The summed E-state index contributed by atoms with van der Waals surface area (Å²) >= 11 is 0. The van der Waals surface area contributed by atoms with Gasteiger partial charge in [-0.3, -0.25) is 14.5 Å². The number of hydrogen-bond donors (Lipinski definition) is 1. The fourth-order valence-electron chi connectivity index (χ4n) is 3.17. The van der Waals surface area contributed by atoms with Crippen LogP contribution in [0.5, 0.6) is 0 Å². The van der Waals surface area contributed by atoms with Crippen molar-refractivity contribution in [2.24, 2.45) is 0 Å². The third kappa shape index (κ3) is 3.91. The Morgan fingerprint density at radius 2 is 1.89 bits per heavy atom. The molecule has 140 valence electrons. The highest BCUT2D eigenvalue weighted by atomic mass is 19.1. The average Bonchev–Trinajstić information content (AvgIpc) is 3.07. The fraction of sp³-hybridized carbons (Fsp3) is 0.136. The zero-order valence-electron chi connectivity index (χ0n) is 15.2. The number of nitrogens with zero attached hydrogens (tertiary/aromatic N) is 3. The number of carbonyl (C=O) groups excluding carboxylic acids is 1. The molecule has 1 N–H and O–H groups in total. The molecule has 0 aliphatic rings. The number of benzene rings is 2. The Hall–Kier alpha value is -3.54. The van der Waals surface area contributed by atoms with Crippen molar-refractivity contribution in [2.45, 2.75) is 13.0 Å². The number of aromatic nitrogens is 3. The van der Waals surface area contributed by atoms with Gasteiger partial charge in [-0.2, -0.15) is 5.10 Å². The molecule has 1 amide bonds. The lowest BCUT2D eigenvalue weighted by Gasteiger charge is -2.04. The molecule has 4 aromatic rings. The van der Waals surface area contributed by atoms with Crippen LogP contribution < -0.4 is 5.32 Å². The van der Waals surface area contributed by atoms with E-state index in [9.17, 15) is 9.18 Å². The van der Waals surface area contributed by atoms with Gasteiger partial charge in [-0.15, -0.1) is 0 Å². The average molecular weight is 374 g/mol. The van der Waals surface area contributed by atoms with E-state index < -0.39 is 0 Å². The van der Waals surface area contributed by atoms with Crippen LogP contribution >= 0.6 is 0 Å². The van der Waals surface area contributed by atoms with Gasteiger partial charge in [0.1, 0.15) is 5.82 Å². The van der Waals surface area contributed by atoms with E-state index in [-0.39, 0.29) is 11.7 Å². The topological polar surface area (TPSA) is 59.8 Å². The Labute approximate surface area is 161 Å². The van der Waals surface area contributed by atoms with E-state index in [0.717, 1.165) is 22.0 Å². The zero-order chi connectivity index (χ0) is 19.3. The number of rotatable bonds is 6. The summed E-state index contributed by atoms with van der Waals surface area (Å²) in [5.41, 5.74) is 3.06. The number of hydrogen-bond acceptors (Lipinski definition) is 3. The first-order chi connectivity index (χ1) is 13.7. The summed E-state index contributed by atoms with van der Waals surface area (Å²) in [5, 5.41) is 8.21. The van der Waals surface area contributed by atoms with Crippen molar-refractivity contribution >= 4 is 16.8 Å². The van der Waals surface area contributed by atoms with Crippen LogP contribution in [-0.4, -0.2) is 27.2 Å². The molecule has 0 fully saturated rings. The summed E-state index contributed by atoms with van der Waals surface area (Å²) in [6, 6.07) is 17.8. The third-order valence-corrected chi connectivity index (χ3v) is 4.52. The zero-order valence-corrected chi connectivity index (χ0v) is 15.2. The van der Waals surface area contributed by atoms with Crippen molar-refractivity contribution in [1.82, 2.24) is 20.1 Å². The molecule has 0 bridgehead atoms. The Kier molecular flexibility index (Phi) is 5.10. The molecule has 0 saturated heterocycles. The van der Waals surface area contributed by atoms with Crippen LogP contribution in [0.3, 0.4) is 0 Å². The van der Waals surface area contributed by atoms with E-state index in [4.69, 9.17) is 0 Å². The number of pyridine rings is 1. The molecule has 0 atom stereocenters. The van der Waals surface area contributed by atoms with Crippen molar-refractivity contribution in [3.05, 3.63) is 95.7 Å². The second-order valence-electron chi connectivity index (χ2n) is 6.52. The standard InChI is InChI=1S/C22H19FN4O/c23-18-7-3-5-17(13-18)15-27-20-9-2-1-8-19(20)21(26-27)22(28)25-12-10-16-6-4-11-24-14-16/h1-9,11,13-14H,10,12,15H2,(H,25,28). The maximum absolute atomic E-state index is 13.5. The van der Waals surface area contributed by atoms with E-state index in [0.29, 0.717) is 25.2 Å². The highest BCUT2D eigenvalue weighted by Crippen LogP contribution is 2.20. The van der Waals surface area contributed by atoms with Crippen molar-refractivity contribution in [3.63, 3.8) is 0 Å². The summed E-state index contributed by atoms with van der Waals surface area (Å²) in [6.45, 7) is 0.886. The molecular weight excluding hydrogens is 355 g/mol. The second-order valence-corrected chi connectivity index (χ2v) is 6.52. The van der Waals surface area contributed by atoms with Gasteiger partial charge in [0.25, 0.3) is 5.91 Å². The smallest absolute Gasteiger partial charge is 0.272 e. The van der Waals surface area contributed by atoms with Gasteiger partial charge in [-0.05, 0) is 41.8 Å². The van der Waals surface area contributed by atoms with E-state index in [2.05, 4.69) is 15.4 Å². The molecule has 2 aromatic heterocycles. The molecule has 0 aliphatic carbocycles. The van der Waals surface area contributed by atoms with Gasteiger partial charge in [0.05, 0.1) is 12.1 Å². The van der Waals surface area contributed by atoms with Crippen LogP contribution in [0.1, 0.15) is 21.6 Å². The first-order valence-corrected chi connectivity index (χ1v) is 9.08. The van der Waals surface area contributed by atoms with E-state index in [1.165, 1.54) is 12.1 Å². The summed E-state index contributed by atoms with van der Waals surface area (Å²) < 4.78 is 15.2. The molecule has 28 heavy (non-hydrogen) atoms. The predicted octanol–water partition coefficient (Wildman–Crippen LogP) is 3.59. The minimum Gasteiger partial charge on any atom is -0.350 e. The van der Waals surface area contributed by atoms with Gasteiger partial charge < -0.3 is 5.32 Å². The Morgan fingerprint density at radius 3 is 2.71 bits per heavy atom. The highest BCUT2D eigenvalue weighted by molar-refractivity contribution is 6.04. The van der Waals surface area contributed by atoms with Crippen LogP contribution in [0.15, 0.2) is 73.1 Å². The monoisotopic (exact) mass is 374 g/mol. The van der Waals surface area contributed by atoms with Gasteiger partial charge in [0.15, 0.2) is 5.69 Å². The maximum atomic E-state index is 13.5. The predicted molar refractivity (Wildman–Crippen MR) is 106 cm³/mol. The molecule has 6 heteroatoms. The van der Waals surface area contributed by atoms with Gasteiger partial charge >= 0.3 is 0 Å².